The van der Waals surface area contributed by atoms with E-state index in [-0.39, 0.29) is 24.5 Å². The summed E-state index contributed by atoms with van der Waals surface area (Å²) >= 11 is 0. The van der Waals surface area contributed by atoms with Crippen LogP contribution in [0.5, 0.6) is 0 Å². The van der Waals surface area contributed by atoms with Crippen LogP contribution in [0.4, 0.5) is 0 Å². The quantitative estimate of drug-likeness (QED) is 0.330. The van der Waals surface area contributed by atoms with Gasteiger partial charge in [-0.25, -0.2) is 0 Å². The lowest BCUT2D eigenvalue weighted by Gasteiger charge is -2.69. The van der Waals surface area contributed by atoms with E-state index in [0.29, 0.717) is 6.42 Å². The minimum Gasteiger partial charge on any atom is -0.516 e. The van der Waals surface area contributed by atoms with Gasteiger partial charge in [0.2, 0.25) is 0 Å². The third-order valence-corrected chi connectivity index (χ3v) is 8.89. The van der Waals surface area contributed by atoms with Gasteiger partial charge in [-0.15, -0.1) is 0 Å². The molecule has 8 heteroatoms. The van der Waals surface area contributed by atoms with Crippen molar-refractivity contribution >= 4 is 11.8 Å². The van der Waals surface area contributed by atoms with Crippen molar-refractivity contribution in [1.82, 2.24) is 0 Å². The molecule has 2 bridgehead atoms. The summed E-state index contributed by atoms with van der Waals surface area (Å²) in [6, 6.07) is 0. The molecule has 0 amide bonds. The lowest BCUT2D eigenvalue weighted by atomic mass is 9.36. The molecule has 0 radical (unpaired) electrons. The fourth-order valence-electron chi connectivity index (χ4n) is 7.49. The zero-order valence-corrected chi connectivity index (χ0v) is 16.6. The van der Waals surface area contributed by atoms with Crippen LogP contribution in [0, 0.1) is 22.7 Å². The van der Waals surface area contributed by atoms with Crippen LogP contribution in [-0.4, -0.2) is 68.3 Å². The van der Waals surface area contributed by atoms with Gasteiger partial charge >= 0.3 is 5.97 Å². The van der Waals surface area contributed by atoms with Gasteiger partial charge in [0, 0.05) is 16.9 Å². The molecule has 0 unspecified atom stereocenters. The van der Waals surface area contributed by atoms with E-state index in [1.165, 1.54) is 13.0 Å². The van der Waals surface area contributed by atoms with Gasteiger partial charge in [-0.1, -0.05) is 12.5 Å². The number of aliphatic hydroxyl groups is 4. The summed E-state index contributed by atoms with van der Waals surface area (Å²) in [6.45, 7) is 5.05. The molecule has 2 saturated heterocycles. The number of carbonyl (C=O) groups is 2. The monoisotopic (exact) mass is 406 g/mol. The highest BCUT2D eigenvalue weighted by Gasteiger charge is 2.85. The van der Waals surface area contributed by atoms with Gasteiger partial charge in [0.15, 0.2) is 5.78 Å². The van der Waals surface area contributed by atoms with Crippen LogP contribution in [0.15, 0.2) is 23.5 Å². The summed E-state index contributed by atoms with van der Waals surface area (Å²) in [4.78, 5) is 25.1. The molecule has 0 aromatic carbocycles. The molecule has 8 nitrogen and oxygen atoms in total. The van der Waals surface area contributed by atoms with Crippen LogP contribution in [0.25, 0.3) is 0 Å². The predicted octanol–water partition coefficient (Wildman–Crippen LogP) is 0.157. The van der Waals surface area contributed by atoms with E-state index in [1.807, 2.05) is 0 Å². The standard InChI is InChI=1S/C21H26O8/c1-9-4-12(23)17(26)18(2)11(9)5-13-20-8-28-19(3,16(25)10(7-22)15(18)20)21(20,27)6-14(24)29-13/h4,7,11,13,15-17,22,25-27H,5-6,8H2,1-3H3/b10-7-/t11-,13+,15+,16-,17+,18-,19+,20+,21+/m0/s1. The molecule has 2 saturated carbocycles. The highest BCUT2D eigenvalue weighted by Crippen LogP contribution is 2.74. The van der Waals surface area contributed by atoms with Crippen molar-refractivity contribution in [2.45, 2.75) is 63.1 Å². The van der Waals surface area contributed by atoms with Gasteiger partial charge in [-0.2, -0.15) is 0 Å². The lowest BCUT2D eigenvalue weighted by molar-refractivity contribution is -0.289. The highest BCUT2D eigenvalue weighted by atomic mass is 16.6. The van der Waals surface area contributed by atoms with Crippen molar-refractivity contribution in [3.63, 3.8) is 0 Å². The Labute approximate surface area is 167 Å². The maximum atomic E-state index is 12.6. The summed E-state index contributed by atoms with van der Waals surface area (Å²) in [5.41, 5.74) is -4.72. The third kappa shape index (κ3) is 1.74. The van der Waals surface area contributed by atoms with Crippen LogP contribution in [0.1, 0.15) is 33.6 Å². The summed E-state index contributed by atoms with van der Waals surface area (Å²) in [7, 11) is 0. The van der Waals surface area contributed by atoms with Crippen molar-refractivity contribution in [2.75, 3.05) is 6.61 Å². The molecule has 5 aliphatic rings. The number of allylic oxidation sites excluding steroid dienone is 1. The number of esters is 1. The molecule has 29 heavy (non-hydrogen) atoms. The summed E-state index contributed by atoms with van der Waals surface area (Å²) in [5, 5.41) is 44.3. The van der Waals surface area contributed by atoms with Crippen LogP contribution in [-0.2, 0) is 19.1 Å². The second-order valence-electron chi connectivity index (χ2n) is 9.76. The Morgan fingerprint density at radius 2 is 1.90 bits per heavy atom. The molecule has 2 heterocycles. The second-order valence-corrected chi connectivity index (χ2v) is 9.76. The first-order valence-electron chi connectivity index (χ1n) is 9.97. The van der Waals surface area contributed by atoms with E-state index < -0.39 is 58.0 Å². The molecule has 4 N–H and O–H groups in total. The molecule has 158 valence electrons. The summed E-state index contributed by atoms with van der Waals surface area (Å²) in [6.07, 6.45) is -1.42. The van der Waals surface area contributed by atoms with Crippen molar-refractivity contribution in [1.29, 1.82) is 0 Å². The van der Waals surface area contributed by atoms with Gasteiger partial charge in [-0.3, -0.25) is 9.59 Å². The molecule has 1 spiro atoms. The Bertz CT molecular complexity index is 893. The van der Waals surface area contributed by atoms with Crippen LogP contribution < -0.4 is 0 Å². The Morgan fingerprint density at radius 3 is 2.55 bits per heavy atom. The minimum atomic E-state index is -1.78. The smallest absolute Gasteiger partial charge is 0.309 e. The third-order valence-electron chi connectivity index (χ3n) is 8.89. The van der Waals surface area contributed by atoms with Crippen molar-refractivity contribution in [2.24, 2.45) is 22.7 Å². The van der Waals surface area contributed by atoms with Crippen LogP contribution in [0.3, 0.4) is 0 Å². The average Bonchev–Trinajstić information content (AvgIpc) is 2.81. The lowest BCUT2D eigenvalue weighted by Crippen LogP contribution is -2.80. The maximum absolute atomic E-state index is 12.6. The minimum absolute atomic E-state index is 0.0248. The molecule has 5 rings (SSSR count). The Hall–Kier alpha value is -1.74. The Balaban J connectivity index is 1.84. The number of hydrogen-bond donors (Lipinski definition) is 4. The number of aliphatic hydroxyl groups excluding tert-OH is 3. The van der Waals surface area contributed by atoms with Gasteiger partial charge in [0.25, 0.3) is 0 Å². The first kappa shape index (κ1) is 19.2. The summed E-state index contributed by atoms with van der Waals surface area (Å²) < 4.78 is 11.7. The second kappa shape index (κ2) is 5.29. The molecule has 0 aromatic heterocycles. The van der Waals surface area contributed by atoms with Crippen molar-refractivity contribution in [3.8, 4) is 0 Å². The molecule has 0 aromatic rings. The topological polar surface area (TPSA) is 134 Å². The molecule has 3 aliphatic carbocycles. The normalized spacial score (nSPS) is 57.1. The van der Waals surface area contributed by atoms with E-state index in [9.17, 15) is 30.0 Å². The first-order valence-corrected chi connectivity index (χ1v) is 9.97. The van der Waals surface area contributed by atoms with E-state index in [2.05, 4.69) is 0 Å². The van der Waals surface area contributed by atoms with Gasteiger partial charge in [0.1, 0.15) is 29.5 Å². The largest absolute Gasteiger partial charge is 0.516 e. The highest BCUT2D eigenvalue weighted by molar-refractivity contribution is 5.96. The van der Waals surface area contributed by atoms with E-state index in [4.69, 9.17) is 9.47 Å². The molecule has 9 atom stereocenters. The van der Waals surface area contributed by atoms with E-state index >= 15 is 0 Å². The maximum Gasteiger partial charge on any atom is 0.309 e. The Kier molecular flexibility index (Phi) is 3.51. The summed E-state index contributed by atoms with van der Waals surface area (Å²) in [5.74, 6) is -2.22. The van der Waals surface area contributed by atoms with E-state index in [0.717, 1.165) is 11.8 Å². The molecular formula is C21H26O8. The predicted molar refractivity (Wildman–Crippen MR) is 97.4 cm³/mol. The van der Waals surface area contributed by atoms with Gasteiger partial charge in [0.05, 0.1) is 24.7 Å². The number of ether oxygens (including phenoxy) is 2. The van der Waals surface area contributed by atoms with Crippen molar-refractivity contribution < 1.29 is 39.5 Å². The number of rotatable bonds is 0. The fourth-order valence-corrected chi connectivity index (χ4v) is 7.49. The van der Waals surface area contributed by atoms with Gasteiger partial charge < -0.3 is 29.9 Å². The number of fused-ring (bicyclic) bond motifs is 2. The fraction of sp³-hybridized carbons (Fsp3) is 0.714. The number of hydrogen-bond acceptors (Lipinski definition) is 8. The zero-order chi connectivity index (χ0) is 21.1. The van der Waals surface area contributed by atoms with E-state index in [1.54, 1.807) is 13.8 Å². The van der Waals surface area contributed by atoms with Crippen LogP contribution in [0.2, 0.25) is 0 Å². The molecule has 4 fully saturated rings. The zero-order valence-electron chi connectivity index (χ0n) is 16.6. The first-order chi connectivity index (χ1) is 13.5. The molecule has 2 aliphatic heterocycles. The average molecular weight is 406 g/mol. The SMILES string of the molecule is CC1=CC(=O)[C@@H](O)[C@]2(C)[C@H]3/C(=C/O)[C@H](O)[C@@]4(C)OC[C@@]35[C@@H](C[C@@H]12)OC(=O)C[C@]54O. The molecular weight excluding hydrogens is 380 g/mol. The number of carbonyl (C=O) groups excluding carboxylic acids is 2. The van der Waals surface area contributed by atoms with Crippen LogP contribution >= 0.6 is 0 Å². The number of ketones is 1. The van der Waals surface area contributed by atoms with Gasteiger partial charge in [-0.05, 0) is 32.3 Å². The van der Waals surface area contributed by atoms with Crippen molar-refractivity contribution in [3.05, 3.63) is 23.5 Å². The Morgan fingerprint density at radius 1 is 1.21 bits per heavy atom.